The van der Waals surface area contributed by atoms with Gasteiger partial charge in [-0.3, -0.25) is 9.78 Å². The fraction of sp³-hybridized carbons (Fsp3) is 0.333. The molecule has 0 aromatic carbocycles. The molecule has 1 aliphatic rings. The Kier molecular flexibility index (Phi) is 3.26. The van der Waals surface area contributed by atoms with E-state index >= 15 is 0 Å². The summed E-state index contributed by atoms with van der Waals surface area (Å²) in [6.45, 7) is 2.88. The topological polar surface area (TPSA) is 60.9 Å². The summed E-state index contributed by atoms with van der Waals surface area (Å²) in [6.07, 6.45) is 6.54. The zero-order valence-electron chi connectivity index (χ0n) is 11.3. The Morgan fingerprint density at radius 3 is 2.95 bits per heavy atom. The number of nitrogens with zero attached hydrogens (tertiary/aromatic N) is 2. The Bertz CT molecular complexity index is 691. The van der Waals surface area contributed by atoms with Crippen LogP contribution >= 0.6 is 11.6 Å². The van der Waals surface area contributed by atoms with Gasteiger partial charge in [0.2, 0.25) is 0 Å². The third-order valence-electron chi connectivity index (χ3n) is 3.90. The number of nitrogens with two attached hydrogens (primary N) is 1. The highest BCUT2D eigenvalue weighted by Crippen LogP contribution is 2.39. The number of primary amides is 1. The van der Waals surface area contributed by atoms with Crippen LogP contribution in [0.5, 0.6) is 0 Å². The van der Waals surface area contributed by atoms with Crippen LogP contribution in [0.15, 0.2) is 18.5 Å². The van der Waals surface area contributed by atoms with Crippen molar-refractivity contribution < 1.29 is 4.79 Å². The Morgan fingerprint density at radius 1 is 1.45 bits per heavy atom. The van der Waals surface area contributed by atoms with Gasteiger partial charge in [0.1, 0.15) is 0 Å². The first kappa shape index (κ1) is 13.2. The molecule has 0 unspecified atom stereocenters. The SMILES string of the molecule is Cc1ccncc1-c1c(Cl)c(C(N)=O)c2n1CCCC2. The number of aromatic nitrogens is 2. The highest BCUT2D eigenvalue weighted by molar-refractivity contribution is 6.36. The molecular formula is C15H16ClN3O. The number of amides is 1. The molecule has 0 aliphatic carbocycles. The predicted octanol–water partition coefficient (Wildman–Crippen LogP) is 2.95. The number of rotatable bonds is 2. The summed E-state index contributed by atoms with van der Waals surface area (Å²) in [6, 6.07) is 1.94. The summed E-state index contributed by atoms with van der Waals surface area (Å²) in [5.74, 6) is -0.451. The van der Waals surface area contributed by atoms with E-state index in [1.165, 1.54) is 0 Å². The molecule has 0 spiro atoms. The van der Waals surface area contributed by atoms with E-state index < -0.39 is 5.91 Å². The fourth-order valence-electron chi connectivity index (χ4n) is 2.93. The summed E-state index contributed by atoms with van der Waals surface area (Å²) < 4.78 is 2.13. The van der Waals surface area contributed by atoms with Crippen molar-refractivity contribution in [3.05, 3.63) is 40.3 Å². The highest BCUT2D eigenvalue weighted by Gasteiger charge is 2.27. The molecule has 2 aromatic heterocycles. The molecule has 0 atom stereocenters. The number of hydrogen-bond acceptors (Lipinski definition) is 2. The zero-order valence-corrected chi connectivity index (χ0v) is 12.1. The summed E-state index contributed by atoms with van der Waals surface area (Å²) in [7, 11) is 0. The first-order valence-corrected chi connectivity index (χ1v) is 7.10. The van der Waals surface area contributed by atoms with Gasteiger partial charge in [0, 0.05) is 30.2 Å². The van der Waals surface area contributed by atoms with Gasteiger partial charge in [0.05, 0.1) is 16.3 Å². The van der Waals surface area contributed by atoms with Gasteiger partial charge in [0.25, 0.3) is 5.91 Å². The maximum absolute atomic E-state index is 11.7. The Labute approximate surface area is 122 Å². The van der Waals surface area contributed by atoms with Crippen LogP contribution in [0.4, 0.5) is 0 Å². The van der Waals surface area contributed by atoms with Crippen LogP contribution in [0.1, 0.15) is 34.5 Å². The molecule has 1 aliphatic heterocycles. The molecule has 0 saturated heterocycles. The van der Waals surface area contributed by atoms with Gasteiger partial charge >= 0.3 is 0 Å². The fourth-order valence-corrected chi connectivity index (χ4v) is 3.33. The van der Waals surface area contributed by atoms with Crippen molar-refractivity contribution in [1.82, 2.24) is 9.55 Å². The number of carbonyl (C=O) groups is 1. The molecule has 5 heteroatoms. The summed E-state index contributed by atoms with van der Waals surface area (Å²) in [5.41, 5.74) is 9.89. The minimum absolute atomic E-state index is 0.451. The van der Waals surface area contributed by atoms with Gasteiger partial charge < -0.3 is 10.3 Å². The lowest BCUT2D eigenvalue weighted by molar-refractivity contribution is 0.0999. The van der Waals surface area contributed by atoms with E-state index in [4.69, 9.17) is 17.3 Å². The van der Waals surface area contributed by atoms with E-state index in [1.807, 2.05) is 13.0 Å². The second-order valence-corrected chi connectivity index (χ2v) is 5.53. The van der Waals surface area contributed by atoms with Crippen molar-refractivity contribution in [2.45, 2.75) is 32.7 Å². The number of pyridine rings is 1. The van der Waals surface area contributed by atoms with Gasteiger partial charge in [-0.25, -0.2) is 0 Å². The van der Waals surface area contributed by atoms with Crippen molar-refractivity contribution in [2.24, 2.45) is 5.73 Å². The smallest absolute Gasteiger partial charge is 0.252 e. The van der Waals surface area contributed by atoms with Crippen molar-refractivity contribution in [3.8, 4) is 11.3 Å². The third kappa shape index (κ3) is 1.91. The van der Waals surface area contributed by atoms with Gasteiger partial charge in [0.15, 0.2) is 0 Å². The number of fused-ring (bicyclic) bond motifs is 1. The minimum Gasteiger partial charge on any atom is -0.365 e. The third-order valence-corrected chi connectivity index (χ3v) is 4.27. The molecule has 3 heterocycles. The summed E-state index contributed by atoms with van der Waals surface area (Å²) in [4.78, 5) is 15.9. The molecule has 0 radical (unpaired) electrons. The van der Waals surface area contributed by atoms with Crippen molar-refractivity contribution in [1.29, 1.82) is 0 Å². The lowest BCUT2D eigenvalue weighted by atomic mass is 10.1. The lowest BCUT2D eigenvalue weighted by Crippen LogP contribution is -2.17. The zero-order chi connectivity index (χ0) is 14.3. The predicted molar refractivity (Wildman–Crippen MR) is 78.9 cm³/mol. The van der Waals surface area contributed by atoms with Gasteiger partial charge in [-0.1, -0.05) is 11.6 Å². The quantitative estimate of drug-likeness (QED) is 0.924. The van der Waals surface area contributed by atoms with Crippen LogP contribution in [-0.4, -0.2) is 15.5 Å². The number of halogens is 1. The molecule has 0 bridgehead atoms. The Hall–Kier alpha value is -1.81. The van der Waals surface area contributed by atoms with E-state index in [0.29, 0.717) is 10.6 Å². The van der Waals surface area contributed by atoms with Gasteiger partial charge in [-0.15, -0.1) is 0 Å². The van der Waals surface area contributed by atoms with Gasteiger partial charge in [-0.05, 0) is 37.8 Å². The molecule has 2 N–H and O–H groups in total. The van der Waals surface area contributed by atoms with Crippen molar-refractivity contribution in [3.63, 3.8) is 0 Å². The molecule has 20 heavy (non-hydrogen) atoms. The normalized spacial score (nSPS) is 14.1. The monoisotopic (exact) mass is 289 g/mol. The molecule has 1 amide bonds. The maximum Gasteiger partial charge on any atom is 0.252 e. The second kappa shape index (κ2) is 4.94. The van der Waals surface area contributed by atoms with Crippen LogP contribution in [0.25, 0.3) is 11.3 Å². The number of aryl methyl sites for hydroxylation is 1. The van der Waals surface area contributed by atoms with E-state index in [1.54, 1.807) is 12.4 Å². The van der Waals surface area contributed by atoms with E-state index in [2.05, 4.69) is 9.55 Å². The number of hydrogen-bond donors (Lipinski definition) is 1. The number of carbonyl (C=O) groups excluding carboxylic acids is 1. The first-order valence-electron chi connectivity index (χ1n) is 6.73. The largest absolute Gasteiger partial charge is 0.365 e. The standard InChI is InChI=1S/C15H16ClN3O/c1-9-5-6-18-8-10(9)14-13(16)12(15(17)20)11-4-2-3-7-19(11)14/h5-6,8H,2-4,7H2,1H3,(H2,17,20). The Morgan fingerprint density at radius 2 is 2.25 bits per heavy atom. The van der Waals surface area contributed by atoms with E-state index in [9.17, 15) is 4.79 Å². The van der Waals surface area contributed by atoms with Crippen LogP contribution in [0.3, 0.4) is 0 Å². The molecule has 0 fully saturated rings. The van der Waals surface area contributed by atoms with Crippen LogP contribution in [0, 0.1) is 6.92 Å². The molecule has 2 aromatic rings. The van der Waals surface area contributed by atoms with Crippen LogP contribution in [0.2, 0.25) is 5.02 Å². The van der Waals surface area contributed by atoms with E-state index in [0.717, 1.165) is 48.3 Å². The first-order chi connectivity index (χ1) is 9.61. The lowest BCUT2D eigenvalue weighted by Gasteiger charge is -2.19. The molecular weight excluding hydrogens is 274 g/mol. The van der Waals surface area contributed by atoms with E-state index in [-0.39, 0.29) is 0 Å². The Balaban J connectivity index is 2.31. The summed E-state index contributed by atoms with van der Waals surface area (Å²) in [5, 5.41) is 0.463. The molecule has 4 nitrogen and oxygen atoms in total. The maximum atomic E-state index is 11.7. The van der Waals surface area contributed by atoms with Crippen molar-refractivity contribution in [2.75, 3.05) is 0 Å². The highest BCUT2D eigenvalue weighted by atomic mass is 35.5. The molecule has 0 saturated carbocycles. The minimum atomic E-state index is -0.451. The average Bonchev–Trinajstić information content (AvgIpc) is 2.71. The van der Waals surface area contributed by atoms with Gasteiger partial charge in [-0.2, -0.15) is 0 Å². The molecule has 104 valence electrons. The van der Waals surface area contributed by atoms with Crippen LogP contribution in [-0.2, 0) is 13.0 Å². The van der Waals surface area contributed by atoms with Crippen molar-refractivity contribution >= 4 is 17.5 Å². The summed E-state index contributed by atoms with van der Waals surface area (Å²) >= 11 is 6.47. The second-order valence-electron chi connectivity index (χ2n) is 5.15. The van der Waals surface area contributed by atoms with Crippen LogP contribution < -0.4 is 5.73 Å². The average molecular weight is 290 g/mol. The molecule has 3 rings (SSSR count).